The number of aromatic nitrogens is 2. The molecule has 2 aliphatic rings. The van der Waals surface area contributed by atoms with Gasteiger partial charge >= 0.3 is 6.03 Å². The average molecular weight is 352 g/mol. The third kappa shape index (κ3) is 3.40. The van der Waals surface area contributed by atoms with E-state index in [1.54, 1.807) is 12.4 Å². The maximum absolute atomic E-state index is 13.5. The fraction of sp³-hybridized carbons (Fsp3) is 0.421. The topological polar surface area (TPSA) is 73.4 Å². The molecule has 2 atom stereocenters. The van der Waals surface area contributed by atoms with Gasteiger partial charge in [-0.2, -0.15) is 0 Å². The van der Waals surface area contributed by atoms with Gasteiger partial charge in [-0.3, -0.25) is 9.97 Å². The highest BCUT2D eigenvalue weighted by atomic mass is 16.2. The molecule has 0 aromatic carbocycles. The first-order valence-corrected chi connectivity index (χ1v) is 9.13. The molecule has 0 spiro atoms. The molecule has 2 saturated heterocycles. The van der Waals surface area contributed by atoms with Gasteiger partial charge in [0, 0.05) is 64.1 Å². The molecule has 2 unspecified atom stereocenters. The van der Waals surface area contributed by atoms with Crippen molar-refractivity contribution in [3.63, 3.8) is 0 Å². The van der Waals surface area contributed by atoms with Crippen LogP contribution < -0.4 is 10.6 Å². The molecule has 0 bridgehead atoms. The molecule has 2 aromatic heterocycles. The van der Waals surface area contributed by atoms with Crippen LogP contribution >= 0.6 is 0 Å². The van der Waals surface area contributed by atoms with E-state index in [-0.39, 0.29) is 18.1 Å². The van der Waals surface area contributed by atoms with Crippen molar-refractivity contribution < 1.29 is 4.79 Å². The summed E-state index contributed by atoms with van der Waals surface area (Å²) < 4.78 is 0. The van der Waals surface area contributed by atoms with E-state index in [0.717, 1.165) is 37.3 Å². The van der Waals surface area contributed by atoms with Gasteiger partial charge in [0.15, 0.2) is 0 Å². The molecule has 136 valence electrons. The number of hydrogen-bond acceptors (Lipinski definition) is 5. The summed E-state index contributed by atoms with van der Waals surface area (Å²) in [4.78, 5) is 25.9. The summed E-state index contributed by atoms with van der Waals surface area (Å²) in [6.07, 6.45) is 7.24. The van der Waals surface area contributed by atoms with Gasteiger partial charge in [0.1, 0.15) is 0 Å². The number of nitrogens with zero attached hydrogens (tertiary/aromatic N) is 4. The predicted octanol–water partition coefficient (Wildman–Crippen LogP) is 1.19. The van der Waals surface area contributed by atoms with Gasteiger partial charge in [-0.05, 0) is 23.3 Å². The van der Waals surface area contributed by atoms with Crippen molar-refractivity contribution in [3.05, 3.63) is 60.2 Å². The molecule has 7 heteroatoms. The molecule has 0 saturated carbocycles. The third-order valence-corrected chi connectivity index (χ3v) is 5.12. The summed E-state index contributed by atoms with van der Waals surface area (Å²) in [5.41, 5.74) is 2.14. The normalized spacial score (nSPS) is 23.7. The van der Waals surface area contributed by atoms with Crippen LogP contribution in [0, 0.1) is 0 Å². The number of urea groups is 1. The molecular formula is C19H24N6O. The molecule has 7 nitrogen and oxygen atoms in total. The van der Waals surface area contributed by atoms with Crippen LogP contribution in [0.3, 0.4) is 0 Å². The number of hydrogen-bond donors (Lipinski definition) is 2. The van der Waals surface area contributed by atoms with Gasteiger partial charge in [0.2, 0.25) is 0 Å². The highest BCUT2D eigenvalue weighted by Crippen LogP contribution is 2.28. The number of pyridine rings is 2. The van der Waals surface area contributed by atoms with Crippen LogP contribution in [-0.4, -0.2) is 65.1 Å². The van der Waals surface area contributed by atoms with E-state index in [9.17, 15) is 4.79 Å². The van der Waals surface area contributed by atoms with Crippen LogP contribution in [-0.2, 0) is 0 Å². The first-order valence-electron chi connectivity index (χ1n) is 9.13. The highest BCUT2D eigenvalue weighted by molar-refractivity contribution is 5.76. The smallest absolute Gasteiger partial charge is 0.315 e. The van der Waals surface area contributed by atoms with E-state index in [2.05, 4.69) is 20.6 Å². The molecule has 2 aromatic rings. The second kappa shape index (κ2) is 7.80. The Kier molecular flexibility index (Phi) is 5.08. The Morgan fingerprint density at radius 1 is 0.885 bits per heavy atom. The summed E-state index contributed by atoms with van der Waals surface area (Å²) in [7, 11) is 0. The van der Waals surface area contributed by atoms with Crippen molar-refractivity contribution in [2.75, 3.05) is 39.3 Å². The number of amides is 2. The Morgan fingerprint density at radius 3 is 1.81 bits per heavy atom. The van der Waals surface area contributed by atoms with Crippen molar-refractivity contribution >= 4 is 6.03 Å². The summed E-state index contributed by atoms with van der Waals surface area (Å²) >= 11 is 0. The second-order valence-corrected chi connectivity index (χ2v) is 6.68. The standard InChI is InChI=1S/C19H24N6O/c26-19(24-9-7-22-13-17(24)15-3-1-5-20-11-15)25-10-8-23-14-18(25)16-4-2-6-21-12-16/h1-6,11-12,17-18,22-23H,7-10,13-14H2. The number of nitrogens with one attached hydrogen (secondary N) is 2. The van der Waals surface area contributed by atoms with Crippen molar-refractivity contribution in [1.82, 2.24) is 30.4 Å². The maximum Gasteiger partial charge on any atom is 0.321 e. The van der Waals surface area contributed by atoms with Crippen molar-refractivity contribution in [3.8, 4) is 0 Å². The minimum atomic E-state index is 0.00869. The SMILES string of the molecule is O=C(N1CCNCC1c1cccnc1)N1CCNCC1c1cccnc1. The van der Waals surface area contributed by atoms with Gasteiger partial charge in [-0.15, -0.1) is 0 Å². The molecule has 4 heterocycles. The van der Waals surface area contributed by atoms with Gasteiger partial charge in [0.05, 0.1) is 12.1 Å². The number of rotatable bonds is 2. The largest absolute Gasteiger partial charge is 0.321 e. The molecule has 2 N–H and O–H groups in total. The van der Waals surface area contributed by atoms with Crippen LogP contribution in [0.5, 0.6) is 0 Å². The van der Waals surface area contributed by atoms with Crippen molar-refractivity contribution in [2.24, 2.45) is 0 Å². The molecule has 0 aliphatic carbocycles. The van der Waals surface area contributed by atoms with E-state index >= 15 is 0 Å². The molecule has 2 amide bonds. The molecule has 2 fully saturated rings. The monoisotopic (exact) mass is 352 g/mol. The van der Waals surface area contributed by atoms with Crippen LogP contribution in [0.2, 0.25) is 0 Å². The van der Waals surface area contributed by atoms with Crippen molar-refractivity contribution in [2.45, 2.75) is 12.1 Å². The molecule has 26 heavy (non-hydrogen) atoms. The van der Waals surface area contributed by atoms with E-state index in [0.29, 0.717) is 13.1 Å². The summed E-state index contributed by atoms with van der Waals surface area (Å²) in [5.74, 6) is 0. The van der Waals surface area contributed by atoms with Gasteiger partial charge in [0.25, 0.3) is 0 Å². The minimum absolute atomic E-state index is 0.00869. The molecule has 2 aliphatic heterocycles. The highest BCUT2D eigenvalue weighted by Gasteiger charge is 2.35. The third-order valence-electron chi connectivity index (χ3n) is 5.12. The van der Waals surface area contributed by atoms with E-state index < -0.39 is 0 Å². The first kappa shape index (κ1) is 16.9. The Labute approximate surface area is 153 Å². The van der Waals surface area contributed by atoms with Gasteiger partial charge < -0.3 is 20.4 Å². The summed E-state index contributed by atoms with van der Waals surface area (Å²) in [5, 5.41) is 6.80. The lowest BCUT2D eigenvalue weighted by molar-refractivity contribution is 0.0958. The average Bonchev–Trinajstić information content (AvgIpc) is 2.74. The predicted molar refractivity (Wildman–Crippen MR) is 98.5 cm³/mol. The Bertz CT molecular complexity index is 664. The van der Waals surface area contributed by atoms with Crippen LogP contribution in [0.1, 0.15) is 23.2 Å². The van der Waals surface area contributed by atoms with E-state index in [4.69, 9.17) is 0 Å². The zero-order chi connectivity index (χ0) is 17.8. The number of carbonyl (C=O) groups is 1. The van der Waals surface area contributed by atoms with Crippen LogP contribution in [0.4, 0.5) is 4.79 Å². The van der Waals surface area contributed by atoms with Gasteiger partial charge in [-0.25, -0.2) is 4.79 Å². The number of piperazine rings is 2. The lowest BCUT2D eigenvalue weighted by Crippen LogP contribution is -2.57. The molecular weight excluding hydrogens is 328 g/mol. The number of carbonyl (C=O) groups excluding carboxylic acids is 1. The lowest BCUT2D eigenvalue weighted by atomic mass is 10.0. The lowest BCUT2D eigenvalue weighted by Gasteiger charge is -2.43. The Balaban J connectivity index is 1.59. The minimum Gasteiger partial charge on any atom is -0.315 e. The maximum atomic E-state index is 13.5. The fourth-order valence-electron chi connectivity index (χ4n) is 3.77. The zero-order valence-corrected chi connectivity index (χ0v) is 14.7. The quantitative estimate of drug-likeness (QED) is 0.849. The van der Waals surface area contributed by atoms with Gasteiger partial charge in [-0.1, -0.05) is 12.1 Å². The van der Waals surface area contributed by atoms with E-state index in [1.807, 2.05) is 46.5 Å². The fourth-order valence-corrected chi connectivity index (χ4v) is 3.77. The molecule has 4 rings (SSSR count). The first-order chi connectivity index (χ1) is 12.8. The second-order valence-electron chi connectivity index (χ2n) is 6.68. The van der Waals surface area contributed by atoms with Crippen molar-refractivity contribution in [1.29, 1.82) is 0 Å². The zero-order valence-electron chi connectivity index (χ0n) is 14.7. The molecule has 0 radical (unpaired) electrons. The van der Waals surface area contributed by atoms with Crippen LogP contribution in [0.15, 0.2) is 49.1 Å². The van der Waals surface area contributed by atoms with E-state index in [1.165, 1.54) is 0 Å². The summed E-state index contributed by atoms with van der Waals surface area (Å²) in [6, 6.07) is 8.05. The Morgan fingerprint density at radius 2 is 1.38 bits per heavy atom. The van der Waals surface area contributed by atoms with Crippen LogP contribution in [0.25, 0.3) is 0 Å². The summed E-state index contributed by atoms with van der Waals surface area (Å²) in [6.45, 7) is 4.52. The Hall–Kier alpha value is -2.51.